The van der Waals surface area contributed by atoms with Crippen LogP contribution in [0.2, 0.25) is 0 Å². The van der Waals surface area contributed by atoms with Crippen LogP contribution in [0.1, 0.15) is 62.8 Å². The number of alkyl carbamates (subject to hydrolysis) is 1. The van der Waals surface area contributed by atoms with E-state index >= 15 is 0 Å². The van der Waals surface area contributed by atoms with Gasteiger partial charge in [-0.1, -0.05) is 67.6 Å². The first-order chi connectivity index (χ1) is 18.6. The largest absolute Gasteiger partial charge is 0.508 e. The van der Waals surface area contributed by atoms with Crippen molar-refractivity contribution in [2.24, 2.45) is 0 Å². The van der Waals surface area contributed by atoms with Crippen LogP contribution in [0.4, 0.5) is 4.79 Å². The van der Waals surface area contributed by atoms with Crippen molar-refractivity contribution < 1.29 is 29.0 Å². The molecule has 1 aliphatic rings. The highest BCUT2D eigenvalue weighted by molar-refractivity contribution is 5.90. The number of benzene rings is 3. The molecule has 0 saturated heterocycles. The summed E-state index contributed by atoms with van der Waals surface area (Å²) in [6, 6.07) is 19.8. The third-order valence-corrected chi connectivity index (χ3v) is 6.51. The standard InChI is InChI=1S/C31H34N2O6/c1-5-26(29(36)39-31(2,3)4)32-28(35)27(19-14-16-20(34)17-15-19)33-30(37)38-18-25-23-12-8-6-10-21(23)22-11-7-9-13-24(22)25/h6-17,25-27,34H,5,18H2,1-4H3,(H,32,35)(H,33,37)/t26-,27+/m0/s1. The van der Waals surface area contributed by atoms with E-state index in [-0.39, 0.29) is 18.3 Å². The second-order valence-electron chi connectivity index (χ2n) is 10.5. The number of nitrogens with one attached hydrogen (secondary N) is 2. The third-order valence-electron chi connectivity index (χ3n) is 6.51. The van der Waals surface area contributed by atoms with Gasteiger partial charge in [-0.05, 0) is 67.1 Å². The fraction of sp³-hybridized carbons (Fsp3) is 0.323. The minimum absolute atomic E-state index is 0.0132. The minimum atomic E-state index is -1.17. The quantitative estimate of drug-likeness (QED) is 0.345. The number of esters is 1. The first kappa shape index (κ1) is 27.7. The predicted octanol–water partition coefficient (Wildman–Crippen LogP) is 5.21. The van der Waals surface area contributed by atoms with Crippen LogP contribution < -0.4 is 10.6 Å². The summed E-state index contributed by atoms with van der Waals surface area (Å²) in [5.74, 6) is -1.30. The van der Waals surface area contributed by atoms with E-state index in [1.807, 2.05) is 48.5 Å². The number of hydrogen-bond donors (Lipinski definition) is 3. The summed E-state index contributed by atoms with van der Waals surface area (Å²) in [6.45, 7) is 7.08. The van der Waals surface area contributed by atoms with Gasteiger partial charge in [0.2, 0.25) is 5.91 Å². The van der Waals surface area contributed by atoms with Crippen LogP contribution in [0.25, 0.3) is 11.1 Å². The maximum atomic E-state index is 13.3. The summed E-state index contributed by atoms with van der Waals surface area (Å²) < 4.78 is 11.1. The van der Waals surface area contributed by atoms with Crippen LogP contribution in [0.5, 0.6) is 5.75 Å². The molecule has 3 aromatic carbocycles. The third kappa shape index (κ3) is 6.57. The van der Waals surface area contributed by atoms with Gasteiger partial charge in [0, 0.05) is 5.92 Å². The van der Waals surface area contributed by atoms with Gasteiger partial charge in [0.1, 0.15) is 30.0 Å². The molecule has 0 radical (unpaired) electrons. The Morgan fingerprint density at radius 3 is 1.97 bits per heavy atom. The zero-order chi connectivity index (χ0) is 28.2. The number of rotatable bonds is 8. The lowest BCUT2D eigenvalue weighted by Gasteiger charge is -2.26. The molecule has 0 unspecified atom stereocenters. The summed E-state index contributed by atoms with van der Waals surface area (Å²) in [4.78, 5) is 39.0. The fourth-order valence-corrected chi connectivity index (χ4v) is 4.68. The van der Waals surface area contributed by atoms with E-state index < -0.39 is 35.7 Å². The van der Waals surface area contributed by atoms with Crippen LogP contribution in [0.3, 0.4) is 0 Å². The van der Waals surface area contributed by atoms with Gasteiger partial charge in [-0.15, -0.1) is 0 Å². The molecule has 39 heavy (non-hydrogen) atoms. The number of amides is 2. The lowest BCUT2D eigenvalue weighted by molar-refractivity contribution is -0.158. The SMILES string of the molecule is CC[C@H](NC(=O)[C@H](NC(=O)OCC1c2ccccc2-c2ccccc21)c1ccc(O)cc1)C(=O)OC(C)(C)C. The second kappa shape index (κ2) is 11.6. The Morgan fingerprint density at radius 1 is 0.872 bits per heavy atom. The molecule has 0 aromatic heterocycles. The van der Waals surface area contributed by atoms with Crippen LogP contribution >= 0.6 is 0 Å². The molecule has 3 N–H and O–H groups in total. The molecule has 0 saturated carbocycles. The molecule has 0 bridgehead atoms. The summed E-state index contributed by atoms with van der Waals surface area (Å²) in [5, 5.41) is 15.0. The zero-order valence-corrected chi connectivity index (χ0v) is 22.6. The molecule has 0 fully saturated rings. The average molecular weight is 531 g/mol. The summed E-state index contributed by atoms with van der Waals surface area (Å²) in [7, 11) is 0. The van der Waals surface area contributed by atoms with Crippen molar-refractivity contribution >= 4 is 18.0 Å². The number of phenolic OH excluding ortho intramolecular Hbond substituents is 1. The maximum Gasteiger partial charge on any atom is 0.408 e. The molecule has 0 spiro atoms. The highest BCUT2D eigenvalue weighted by Gasteiger charge is 2.32. The molecular weight excluding hydrogens is 496 g/mol. The van der Waals surface area contributed by atoms with Gasteiger partial charge >= 0.3 is 12.1 Å². The van der Waals surface area contributed by atoms with E-state index in [4.69, 9.17) is 9.47 Å². The second-order valence-corrected chi connectivity index (χ2v) is 10.5. The average Bonchev–Trinajstić information content (AvgIpc) is 3.22. The van der Waals surface area contributed by atoms with Crippen molar-refractivity contribution in [3.05, 3.63) is 89.5 Å². The Hall–Kier alpha value is -4.33. The predicted molar refractivity (Wildman–Crippen MR) is 147 cm³/mol. The zero-order valence-electron chi connectivity index (χ0n) is 22.6. The van der Waals surface area contributed by atoms with Gasteiger partial charge in [0.15, 0.2) is 0 Å². The smallest absolute Gasteiger partial charge is 0.408 e. The number of aromatic hydroxyl groups is 1. The fourth-order valence-electron chi connectivity index (χ4n) is 4.68. The van der Waals surface area contributed by atoms with Gasteiger partial charge in [-0.25, -0.2) is 9.59 Å². The molecule has 0 heterocycles. The monoisotopic (exact) mass is 530 g/mol. The molecule has 8 nitrogen and oxygen atoms in total. The maximum absolute atomic E-state index is 13.3. The van der Waals surface area contributed by atoms with Crippen molar-refractivity contribution in [3.8, 4) is 16.9 Å². The van der Waals surface area contributed by atoms with E-state index in [0.717, 1.165) is 22.3 Å². The summed E-state index contributed by atoms with van der Waals surface area (Å²) in [5.41, 5.74) is 4.06. The Labute approximate surface area is 228 Å². The van der Waals surface area contributed by atoms with E-state index in [1.54, 1.807) is 27.7 Å². The highest BCUT2D eigenvalue weighted by Crippen LogP contribution is 2.44. The lowest BCUT2D eigenvalue weighted by Crippen LogP contribution is -2.48. The van der Waals surface area contributed by atoms with Crippen molar-refractivity contribution in [2.45, 2.75) is 57.7 Å². The van der Waals surface area contributed by atoms with Crippen molar-refractivity contribution in [1.82, 2.24) is 10.6 Å². The molecule has 2 amide bonds. The number of ether oxygens (including phenoxy) is 2. The van der Waals surface area contributed by atoms with E-state index in [1.165, 1.54) is 24.3 Å². The normalized spacial score (nSPS) is 13.9. The Balaban J connectivity index is 1.49. The number of fused-ring (bicyclic) bond motifs is 3. The number of hydrogen-bond acceptors (Lipinski definition) is 6. The van der Waals surface area contributed by atoms with Gasteiger partial charge in [-0.3, -0.25) is 4.79 Å². The molecule has 1 aliphatic carbocycles. The van der Waals surface area contributed by atoms with Crippen LogP contribution in [-0.2, 0) is 19.1 Å². The minimum Gasteiger partial charge on any atom is -0.508 e. The van der Waals surface area contributed by atoms with E-state index in [0.29, 0.717) is 12.0 Å². The molecule has 2 atom stereocenters. The number of phenols is 1. The highest BCUT2D eigenvalue weighted by atomic mass is 16.6. The number of carbonyl (C=O) groups is 3. The van der Waals surface area contributed by atoms with Crippen LogP contribution in [0.15, 0.2) is 72.8 Å². The van der Waals surface area contributed by atoms with Crippen molar-refractivity contribution in [2.75, 3.05) is 6.61 Å². The van der Waals surface area contributed by atoms with E-state index in [9.17, 15) is 19.5 Å². The van der Waals surface area contributed by atoms with E-state index in [2.05, 4.69) is 10.6 Å². The van der Waals surface area contributed by atoms with Crippen LogP contribution in [0, 0.1) is 0 Å². The number of carbonyl (C=O) groups excluding carboxylic acids is 3. The summed E-state index contributed by atoms with van der Waals surface area (Å²) >= 11 is 0. The van der Waals surface area contributed by atoms with Crippen molar-refractivity contribution in [1.29, 1.82) is 0 Å². The molecular formula is C31H34N2O6. The van der Waals surface area contributed by atoms with Gasteiger partial charge in [0.25, 0.3) is 0 Å². The topological polar surface area (TPSA) is 114 Å². The van der Waals surface area contributed by atoms with Gasteiger partial charge in [-0.2, -0.15) is 0 Å². The molecule has 0 aliphatic heterocycles. The lowest BCUT2D eigenvalue weighted by atomic mass is 9.98. The Morgan fingerprint density at radius 2 is 1.44 bits per heavy atom. The van der Waals surface area contributed by atoms with Crippen LogP contribution in [-0.4, -0.2) is 41.3 Å². The first-order valence-corrected chi connectivity index (χ1v) is 13.0. The first-order valence-electron chi connectivity index (χ1n) is 13.0. The van der Waals surface area contributed by atoms with Gasteiger partial charge < -0.3 is 25.2 Å². The summed E-state index contributed by atoms with van der Waals surface area (Å²) in [6.07, 6.45) is -0.483. The molecule has 204 valence electrons. The Kier molecular flexibility index (Phi) is 8.24. The molecule has 4 rings (SSSR count). The Bertz CT molecular complexity index is 1300. The molecule has 8 heteroatoms. The van der Waals surface area contributed by atoms with Crippen molar-refractivity contribution in [3.63, 3.8) is 0 Å². The van der Waals surface area contributed by atoms with Gasteiger partial charge in [0.05, 0.1) is 0 Å². The molecule has 3 aromatic rings.